The van der Waals surface area contributed by atoms with Crippen LogP contribution in [0.3, 0.4) is 0 Å². The summed E-state index contributed by atoms with van der Waals surface area (Å²) in [6, 6.07) is 22.2. The van der Waals surface area contributed by atoms with E-state index >= 15 is 0 Å². The second kappa shape index (κ2) is 12.2. The Morgan fingerprint density at radius 2 is 1.66 bits per heavy atom. The zero-order chi connectivity index (χ0) is 22.6. The molecule has 0 unspecified atom stereocenters. The second-order valence-electron chi connectivity index (χ2n) is 7.13. The number of benzene rings is 3. The number of hydrogen-bond donors (Lipinski definition) is 1. The average molecular weight is 433 g/mol. The number of amides is 1. The minimum Gasteiger partial charge on any atom is -0.497 e. The van der Waals surface area contributed by atoms with Crippen LogP contribution in [0.25, 0.3) is 0 Å². The van der Waals surface area contributed by atoms with Gasteiger partial charge in [-0.25, -0.2) is 5.43 Å². The Morgan fingerprint density at radius 1 is 0.938 bits per heavy atom. The summed E-state index contributed by atoms with van der Waals surface area (Å²) in [5.74, 6) is 2.00. The number of ether oxygens (including phenoxy) is 3. The fourth-order valence-electron chi connectivity index (χ4n) is 2.85. The van der Waals surface area contributed by atoms with Crippen molar-refractivity contribution in [1.29, 1.82) is 0 Å². The number of nitrogens with zero attached hydrogens (tertiary/aromatic N) is 1. The van der Waals surface area contributed by atoms with Crippen molar-refractivity contribution < 1.29 is 19.0 Å². The molecule has 3 aromatic rings. The second-order valence-corrected chi connectivity index (χ2v) is 7.13. The lowest BCUT2D eigenvalue weighted by atomic mass is 10.2. The molecular formula is C26H28N2O4. The molecule has 6 nitrogen and oxygen atoms in total. The van der Waals surface area contributed by atoms with Crippen LogP contribution in [0.5, 0.6) is 17.2 Å². The van der Waals surface area contributed by atoms with E-state index in [0.29, 0.717) is 24.5 Å². The first-order valence-electron chi connectivity index (χ1n) is 10.6. The summed E-state index contributed by atoms with van der Waals surface area (Å²) in [7, 11) is 1.63. The molecule has 0 radical (unpaired) electrons. The quantitative estimate of drug-likeness (QED) is 0.256. The molecule has 1 amide bonds. The number of rotatable bonds is 11. The van der Waals surface area contributed by atoms with Gasteiger partial charge in [0.2, 0.25) is 0 Å². The minimum atomic E-state index is -0.292. The average Bonchev–Trinajstić information content (AvgIpc) is 2.84. The van der Waals surface area contributed by atoms with E-state index in [0.717, 1.165) is 35.5 Å². The summed E-state index contributed by atoms with van der Waals surface area (Å²) in [4.78, 5) is 12.3. The van der Waals surface area contributed by atoms with E-state index in [-0.39, 0.29) is 5.91 Å². The number of hydrogen-bond acceptors (Lipinski definition) is 5. The summed E-state index contributed by atoms with van der Waals surface area (Å²) < 4.78 is 16.6. The van der Waals surface area contributed by atoms with Gasteiger partial charge in [0, 0.05) is 5.56 Å². The van der Waals surface area contributed by atoms with Crippen molar-refractivity contribution >= 4 is 12.1 Å². The maximum atomic E-state index is 12.3. The predicted octanol–water partition coefficient (Wildman–Crippen LogP) is 5.22. The fraction of sp³-hybridized carbons (Fsp3) is 0.231. The normalized spacial score (nSPS) is 10.7. The topological polar surface area (TPSA) is 69.2 Å². The van der Waals surface area contributed by atoms with Crippen molar-refractivity contribution in [2.45, 2.75) is 26.4 Å². The molecule has 166 valence electrons. The Hall–Kier alpha value is -3.80. The van der Waals surface area contributed by atoms with Gasteiger partial charge in [-0.15, -0.1) is 0 Å². The van der Waals surface area contributed by atoms with Gasteiger partial charge in [-0.2, -0.15) is 5.10 Å². The molecule has 3 aromatic carbocycles. The van der Waals surface area contributed by atoms with Crippen molar-refractivity contribution in [3.8, 4) is 17.2 Å². The molecule has 1 N–H and O–H groups in total. The van der Waals surface area contributed by atoms with Gasteiger partial charge in [-0.3, -0.25) is 4.79 Å². The Kier molecular flexibility index (Phi) is 8.69. The highest BCUT2D eigenvalue weighted by molar-refractivity contribution is 5.95. The Morgan fingerprint density at radius 3 is 2.38 bits per heavy atom. The number of unbranched alkanes of at least 4 members (excludes halogenated alkanes) is 1. The van der Waals surface area contributed by atoms with E-state index in [1.807, 2.05) is 48.5 Å². The summed E-state index contributed by atoms with van der Waals surface area (Å²) in [6.07, 6.45) is 3.73. The lowest BCUT2D eigenvalue weighted by Crippen LogP contribution is -2.17. The number of carbonyl (C=O) groups excluding carboxylic acids is 1. The number of carbonyl (C=O) groups is 1. The minimum absolute atomic E-state index is 0.292. The smallest absolute Gasteiger partial charge is 0.271 e. The number of methoxy groups -OCH3 is 1. The van der Waals surface area contributed by atoms with Gasteiger partial charge in [0.05, 0.1) is 19.9 Å². The summed E-state index contributed by atoms with van der Waals surface area (Å²) in [5, 5.41) is 4.03. The van der Waals surface area contributed by atoms with Gasteiger partial charge in [-0.1, -0.05) is 25.5 Å². The first-order chi connectivity index (χ1) is 15.7. The molecule has 0 spiro atoms. The van der Waals surface area contributed by atoms with E-state index in [1.54, 1.807) is 37.6 Å². The lowest BCUT2D eigenvalue weighted by molar-refractivity contribution is 0.0955. The van der Waals surface area contributed by atoms with Crippen LogP contribution in [0.15, 0.2) is 77.9 Å². The van der Waals surface area contributed by atoms with Crippen LogP contribution in [-0.4, -0.2) is 25.8 Å². The first kappa shape index (κ1) is 22.9. The molecule has 0 saturated heterocycles. The van der Waals surface area contributed by atoms with Gasteiger partial charge in [-0.05, 0) is 78.2 Å². The molecule has 0 aliphatic heterocycles. The summed E-state index contributed by atoms with van der Waals surface area (Å²) in [5.41, 5.74) is 4.91. The van der Waals surface area contributed by atoms with E-state index in [2.05, 4.69) is 17.5 Å². The maximum absolute atomic E-state index is 12.3. The highest BCUT2D eigenvalue weighted by atomic mass is 16.5. The van der Waals surface area contributed by atoms with Crippen molar-refractivity contribution in [3.05, 3.63) is 89.5 Å². The highest BCUT2D eigenvalue weighted by Crippen LogP contribution is 2.17. The van der Waals surface area contributed by atoms with E-state index < -0.39 is 0 Å². The molecule has 32 heavy (non-hydrogen) atoms. The molecule has 0 fully saturated rings. The monoisotopic (exact) mass is 432 g/mol. The molecule has 0 heterocycles. The van der Waals surface area contributed by atoms with Gasteiger partial charge >= 0.3 is 0 Å². The van der Waals surface area contributed by atoms with Gasteiger partial charge in [0.1, 0.15) is 23.9 Å². The predicted molar refractivity (Wildman–Crippen MR) is 126 cm³/mol. The number of nitrogens with one attached hydrogen (secondary N) is 1. The van der Waals surface area contributed by atoms with Crippen molar-refractivity contribution in [3.63, 3.8) is 0 Å². The Balaban J connectivity index is 1.46. The van der Waals surface area contributed by atoms with E-state index in [4.69, 9.17) is 14.2 Å². The van der Waals surface area contributed by atoms with Crippen molar-refractivity contribution in [2.75, 3.05) is 13.7 Å². The van der Waals surface area contributed by atoms with Gasteiger partial charge in [0.25, 0.3) is 5.91 Å². The lowest BCUT2D eigenvalue weighted by Gasteiger charge is -2.08. The fourth-order valence-corrected chi connectivity index (χ4v) is 2.85. The highest BCUT2D eigenvalue weighted by Gasteiger charge is 2.05. The third-order valence-corrected chi connectivity index (χ3v) is 4.68. The molecule has 3 rings (SSSR count). The Bertz CT molecular complexity index is 1010. The SMILES string of the molecule is CCCCOc1ccc(C=NNC(=O)c2ccc(OCc3cccc(OC)c3)cc2)cc1. The van der Waals surface area contributed by atoms with Crippen LogP contribution < -0.4 is 19.6 Å². The molecule has 0 aromatic heterocycles. The molecule has 0 bridgehead atoms. The molecule has 0 aliphatic carbocycles. The zero-order valence-corrected chi connectivity index (χ0v) is 18.4. The standard InChI is InChI=1S/C26H28N2O4/c1-3-4-16-31-23-12-8-20(9-13-23)18-27-28-26(29)22-10-14-24(15-11-22)32-19-21-6-5-7-25(17-21)30-2/h5-15,17-18H,3-4,16,19H2,1-2H3,(H,28,29). The molecule has 0 aliphatic rings. The zero-order valence-electron chi connectivity index (χ0n) is 18.4. The largest absolute Gasteiger partial charge is 0.497 e. The third-order valence-electron chi connectivity index (χ3n) is 4.68. The number of hydrazone groups is 1. The molecule has 6 heteroatoms. The van der Waals surface area contributed by atoms with Crippen LogP contribution >= 0.6 is 0 Å². The summed E-state index contributed by atoms with van der Waals surface area (Å²) in [6.45, 7) is 3.25. The molecule has 0 atom stereocenters. The van der Waals surface area contributed by atoms with Crippen LogP contribution in [0.4, 0.5) is 0 Å². The molecular weight excluding hydrogens is 404 g/mol. The summed E-state index contributed by atoms with van der Waals surface area (Å²) >= 11 is 0. The van der Waals surface area contributed by atoms with Crippen molar-refractivity contribution in [2.24, 2.45) is 5.10 Å². The Labute approximate surface area is 188 Å². The van der Waals surface area contributed by atoms with E-state index in [1.165, 1.54) is 0 Å². The van der Waals surface area contributed by atoms with Gasteiger partial charge < -0.3 is 14.2 Å². The van der Waals surface area contributed by atoms with Crippen LogP contribution in [0.2, 0.25) is 0 Å². The third kappa shape index (κ3) is 7.16. The maximum Gasteiger partial charge on any atom is 0.271 e. The van der Waals surface area contributed by atoms with E-state index in [9.17, 15) is 4.79 Å². The van der Waals surface area contributed by atoms with Crippen molar-refractivity contribution in [1.82, 2.24) is 5.43 Å². The van der Waals surface area contributed by atoms with Crippen LogP contribution in [0.1, 0.15) is 41.3 Å². The molecule has 0 saturated carbocycles. The van der Waals surface area contributed by atoms with Crippen LogP contribution in [-0.2, 0) is 6.61 Å². The van der Waals surface area contributed by atoms with Crippen LogP contribution in [0, 0.1) is 0 Å². The first-order valence-corrected chi connectivity index (χ1v) is 10.6. The van der Waals surface area contributed by atoms with Gasteiger partial charge in [0.15, 0.2) is 0 Å².